The van der Waals surface area contributed by atoms with Crippen LogP contribution in [0, 0.1) is 0 Å². The van der Waals surface area contributed by atoms with E-state index in [9.17, 15) is 0 Å². The lowest BCUT2D eigenvalue weighted by Gasteiger charge is -2.35. The molecule has 0 unspecified atom stereocenters. The minimum atomic E-state index is 0.636. The summed E-state index contributed by atoms with van der Waals surface area (Å²) in [6.07, 6.45) is 0. The molecule has 1 fully saturated rings. The molecule has 1 aromatic rings. The molecular weight excluding hydrogens is 168 g/mol. The van der Waals surface area contributed by atoms with Gasteiger partial charge < -0.3 is 5.32 Å². The zero-order chi connectivity index (χ0) is 9.26. The maximum atomic E-state index is 3.94. The van der Waals surface area contributed by atoms with Gasteiger partial charge in [0.15, 0.2) is 5.82 Å². The SMILES string of the molecule is CN(Cc1nnnn1C)C1CNC1. The number of nitrogens with one attached hydrogen (secondary N) is 1. The Morgan fingerprint density at radius 2 is 2.38 bits per heavy atom. The topological polar surface area (TPSA) is 58.9 Å². The molecule has 0 atom stereocenters. The fourth-order valence-electron chi connectivity index (χ4n) is 1.32. The molecule has 0 amide bonds. The van der Waals surface area contributed by atoms with Gasteiger partial charge in [0.1, 0.15) is 0 Å². The summed E-state index contributed by atoms with van der Waals surface area (Å²) in [6, 6.07) is 0.636. The Morgan fingerprint density at radius 3 is 2.85 bits per heavy atom. The molecule has 1 saturated heterocycles. The lowest BCUT2D eigenvalue weighted by Crippen LogP contribution is -2.55. The second-order valence-corrected chi connectivity index (χ2v) is 3.45. The van der Waals surface area contributed by atoms with Crippen molar-refractivity contribution < 1.29 is 0 Å². The quantitative estimate of drug-likeness (QED) is 0.624. The molecular formula is C7H14N6. The van der Waals surface area contributed by atoms with Gasteiger partial charge in [0.2, 0.25) is 0 Å². The van der Waals surface area contributed by atoms with E-state index >= 15 is 0 Å². The number of rotatable bonds is 3. The first-order valence-corrected chi connectivity index (χ1v) is 4.39. The highest BCUT2D eigenvalue weighted by Gasteiger charge is 2.22. The second kappa shape index (κ2) is 3.39. The van der Waals surface area contributed by atoms with E-state index < -0.39 is 0 Å². The Kier molecular flexibility index (Phi) is 2.24. The summed E-state index contributed by atoms with van der Waals surface area (Å²) in [5, 5.41) is 14.6. The molecule has 2 rings (SSSR count). The van der Waals surface area contributed by atoms with E-state index in [0.29, 0.717) is 6.04 Å². The van der Waals surface area contributed by atoms with Crippen molar-refractivity contribution in [2.24, 2.45) is 7.05 Å². The van der Waals surface area contributed by atoms with Gasteiger partial charge in [-0.3, -0.25) is 4.90 Å². The van der Waals surface area contributed by atoms with Crippen molar-refractivity contribution in [2.75, 3.05) is 20.1 Å². The number of likely N-dealkylation sites (N-methyl/N-ethyl adjacent to an activating group) is 1. The van der Waals surface area contributed by atoms with Crippen molar-refractivity contribution >= 4 is 0 Å². The highest BCUT2D eigenvalue weighted by atomic mass is 15.5. The Labute approximate surface area is 76.9 Å². The summed E-state index contributed by atoms with van der Waals surface area (Å²) in [4.78, 5) is 2.27. The van der Waals surface area contributed by atoms with E-state index in [2.05, 4.69) is 32.8 Å². The van der Waals surface area contributed by atoms with Gasteiger partial charge in [-0.15, -0.1) is 5.10 Å². The van der Waals surface area contributed by atoms with Gasteiger partial charge in [-0.1, -0.05) is 0 Å². The molecule has 1 aliphatic rings. The van der Waals surface area contributed by atoms with E-state index in [-0.39, 0.29) is 0 Å². The lowest BCUT2D eigenvalue weighted by molar-refractivity contribution is 0.167. The largest absolute Gasteiger partial charge is 0.314 e. The lowest BCUT2D eigenvalue weighted by atomic mass is 10.1. The Morgan fingerprint density at radius 1 is 1.62 bits per heavy atom. The normalized spacial score (nSPS) is 17.8. The second-order valence-electron chi connectivity index (χ2n) is 3.45. The third kappa shape index (κ3) is 1.68. The van der Waals surface area contributed by atoms with E-state index in [4.69, 9.17) is 0 Å². The van der Waals surface area contributed by atoms with Gasteiger partial charge in [0.25, 0.3) is 0 Å². The summed E-state index contributed by atoms with van der Waals surface area (Å²) in [7, 11) is 3.96. The Balaban J connectivity index is 1.93. The Hall–Kier alpha value is -1.01. The number of aromatic nitrogens is 4. The van der Waals surface area contributed by atoms with Crippen molar-refractivity contribution in [1.29, 1.82) is 0 Å². The first-order valence-electron chi connectivity index (χ1n) is 4.39. The molecule has 0 saturated carbocycles. The monoisotopic (exact) mass is 182 g/mol. The van der Waals surface area contributed by atoms with Crippen molar-refractivity contribution in [3.63, 3.8) is 0 Å². The van der Waals surface area contributed by atoms with Crippen LogP contribution in [0.4, 0.5) is 0 Å². The Bertz CT molecular complexity index is 278. The predicted octanol–water partition coefficient (Wildman–Crippen LogP) is -1.39. The van der Waals surface area contributed by atoms with Gasteiger partial charge in [-0.05, 0) is 17.5 Å². The number of hydrogen-bond acceptors (Lipinski definition) is 5. The molecule has 0 aliphatic carbocycles. The first kappa shape index (κ1) is 8.58. The van der Waals surface area contributed by atoms with Crippen LogP contribution in [0.15, 0.2) is 0 Å². The summed E-state index contributed by atoms with van der Waals surface area (Å²) in [6.45, 7) is 2.96. The summed E-state index contributed by atoms with van der Waals surface area (Å²) < 4.78 is 1.71. The maximum Gasteiger partial charge on any atom is 0.164 e. The molecule has 0 bridgehead atoms. The fraction of sp³-hybridized carbons (Fsp3) is 0.857. The predicted molar refractivity (Wildman–Crippen MR) is 46.9 cm³/mol. The maximum absolute atomic E-state index is 3.94. The zero-order valence-corrected chi connectivity index (χ0v) is 7.93. The van der Waals surface area contributed by atoms with Crippen molar-refractivity contribution in [2.45, 2.75) is 12.6 Å². The van der Waals surface area contributed by atoms with E-state index in [1.807, 2.05) is 7.05 Å². The van der Waals surface area contributed by atoms with E-state index in [1.165, 1.54) is 0 Å². The first-order chi connectivity index (χ1) is 6.27. The van der Waals surface area contributed by atoms with Crippen LogP contribution < -0.4 is 5.32 Å². The van der Waals surface area contributed by atoms with Gasteiger partial charge >= 0.3 is 0 Å². The molecule has 0 aromatic carbocycles. The summed E-state index contributed by atoms with van der Waals surface area (Å²) >= 11 is 0. The molecule has 1 aliphatic heterocycles. The van der Waals surface area contributed by atoms with Gasteiger partial charge in [-0.2, -0.15) is 0 Å². The number of aryl methyl sites for hydroxylation is 1. The molecule has 72 valence electrons. The fourth-order valence-corrected chi connectivity index (χ4v) is 1.32. The standard InChI is InChI=1S/C7H14N6/c1-12(6-3-8-4-6)5-7-9-10-11-13(7)2/h6,8H,3-5H2,1-2H3. The molecule has 1 aromatic heterocycles. The van der Waals surface area contributed by atoms with Crippen molar-refractivity contribution in [3.8, 4) is 0 Å². The van der Waals surface area contributed by atoms with Crippen molar-refractivity contribution in [1.82, 2.24) is 30.4 Å². The number of tetrazole rings is 1. The van der Waals surface area contributed by atoms with E-state index in [0.717, 1.165) is 25.5 Å². The average molecular weight is 182 g/mol. The molecule has 6 heteroatoms. The van der Waals surface area contributed by atoms with E-state index in [1.54, 1.807) is 4.68 Å². The smallest absolute Gasteiger partial charge is 0.164 e. The minimum Gasteiger partial charge on any atom is -0.314 e. The third-order valence-corrected chi connectivity index (χ3v) is 2.48. The molecule has 6 nitrogen and oxygen atoms in total. The molecule has 1 N–H and O–H groups in total. The number of hydrogen-bond donors (Lipinski definition) is 1. The third-order valence-electron chi connectivity index (χ3n) is 2.48. The van der Waals surface area contributed by atoms with Gasteiger partial charge in [0, 0.05) is 26.2 Å². The van der Waals surface area contributed by atoms with Crippen LogP contribution in [0.25, 0.3) is 0 Å². The minimum absolute atomic E-state index is 0.636. The van der Waals surface area contributed by atoms with Crippen LogP contribution in [0.2, 0.25) is 0 Å². The van der Waals surface area contributed by atoms with Crippen LogP contribution in [-0.4, -0.2) is 51.3 Å². The van der Waals surface area contributed by atoms with Crippen LogP contribution in [-0.2, 0) is 13.6 Å². The molecule has 13 heavy (non-hydrogen) atoms. The number of nitrogens with zero attached hydrogens (tertiary/aromatic N) is 5. The highest BCUT2D eigenvalue weighted by molar-refractivity contribution is 4.87. The molecule has 2 heterocycles. The van der Waals surface area contributed by atoms with Gasteiger partial charge in [0.05, 0.1) is 6.54 Å². The van der Waals surface area contributed by atoms with Crippen LogP contribution >= 0.6 is 0 Å². The zero-order valence-electron chi connectivity index (χ0n) is 7.93. The molecule has 0 spiro atoms. The summed E-state index contributed by atoms with van der Waals surface area (Å²) in [5.74, 6) is 0.911. The summed E-state index contributed by atoms with van der Waals surface area (Å²) in [5.41, 5.74) is 0. The van der Waals surface area contributed by atoms with Crippen LogP contribution in [0.3, 0.4) is 0 Å². The van der Waals surface area contributed by atoms with Crippen molar-refractivity contribution in [3.05, 3.63) is 5.82 Å². The van der Waals surface area contributed by atoms with Gasteiger partial charge in [-0.25, -0.2) is 4.68 Å². The highest BCUT2D eigenvalue weighted by Crippen LogP contribution is 2.05. The average Bonchev–Trinajstić information content (AvgIpc) is 2.32. The van der Waals surface area contributed by atoms with Crippen LogP contribution in [0.1, 0.15) is 5.82 Å². The molecule has 0 radical (unpaired) electrons. The van der Waals surface area contributed by atoms with Crippen LogP contribution in [0.5, 0.6) is 0 Å².